The number of amides is 2. The van der Waals surface area contributed by atoms with E-state index in [0.29, 0.717) is 19.0 Å². The summed E-state index contributed by atoms with van der Waals surface area (Å²) in [6, 6.07) is 10.4. The van der Waals surface area contributed by atoms with E-state index < -0.39 is 0 Å². The molecule has 35 heavy (non-hydrogen) atoms. The largest absolute Gasteiger partial charge is 0.481 e. The number of carbonyl (C=O) groups is 1. The SMILES string of the molecule is COc1ccc(-c2n[nH]c3c2CN(C(=O)N[C@@H]2CCCN(Cc4c(C)cccc4C)C2)CC3)cn1. The van der Waals surface area contributed by atoms with Crippen LogP contribution in [0.25, 0.3) is 11.3 Å². The summed E-state index contributed by atoms with van der Waals surface area (Å²) in [5.41, 5.74) is 8.01. The van der Waals surface area contributed by atoms with Gasteiger partial charge < -0.3 is 15.0 Å². The van der Waals surface area contributed by atoms with Crippen LogP contribution in [-0.2, 0) is 19.5 Å². The fourth-order valence-corrected chi connectivity index (χ4v) is 5.25. The first-order valence-corrected chi connectivity index (χ1v) is 12.4. The molecule has 0 bridgehead atoms. The average molecular weight is 475 g/mol. The fourth-order valence-electron chi connectivity index (χ4n) is 5.25. The van der Waals surface area contributed by atoms with Gasteiger partial charge >= 0.3 is 6.03 Å². The molecule has 4 heterocycles. The van der Waals surface area contributed by atoms with Crippen LogP contribution in [0.3, 0.4) is 0 Å². The van der Waals surface area contributed by atoms with Crippen LogP contribution in [0, 0.1) is 13.8 Å². The number of aromatic nitrogens is 3. The Kier molecular flexibility index (Phi) is 6.72. The van der Waals surface area contributed by atoms with Crippen LogP contribution in [0.15, 0.2) is 36.5 Å². The zero-order chi connectivity index (χ0) is 24.4. The van der Waals surface area contributed by atoms with Crippen LogP contribution < -0.4 is 10.1 Å². The van der Waals surface area contributed by atoms with E-state index in [0.717, 1.165) is 61.4 Å². The minimum atomic E-state index is 0.00887. The number of hydrogen-bond acceptors (Lipinski definition) is 5. The molecule has 1 saturated heterocycles. The van der Waals surface area contributed by atoms with Gasteiger partial charge in [-0.05, 0) is 56.0 Å². The van der Waals surface area contributed by atoms with E-state index in [4.69, 9.17) is 4.74 Å². The first-order valence-electron chi connectivity index (χ1n) is 12.4. The normalized spacial score (nSPS) is 18.3. The number of aromatic amines is 1. The predicted octanol–water partition coefficient (Wildman–Crippen LogP) is 3.83. The van der Waals surface area contributed by atoms with Crippen molar-refractivity contribution >= 4 is 6.03 Å². The Balaban J connectivity index is 1.22. The maximum absolute atomic E-state index is 13.2. The van der Waals surface area contributed by atoms with E-state index in [1.165, 1.54) is 16.7 Å². The van der Waals surface area contributed by atoms with Gasteiger partial charge in [0.1, 0.15) is 0 Å². The Hall–Kier alpha value is -3.39. The quantitative estimate of drug-likeness (QED) is 0.587. The Morgan fingerprint density at radius 3 is 2.77 bits per heavy atom. The summed E-state index contributed by atoms with van der Waals surface area (Å²) in [4.78, 5) is 21.9. The van der Waals surface area contributed by atoms with Gasteiger partial charge in [-0.1, -0.05) is 18.2 Å². The van der Waals surface area contributed by atoms with E-state index in [1.54, 1.807) is 13.3 Å². The summed E-state index contributed by atoms with van der Waals surface area (Å²) in [6.45, 7) is 8.48. The van der Waals surface area contributed by atoms with Crippen molar-refractivity contribution in [2.24, 2.45) is 0 Å². The molecule has 1 aromatic carbocycles. The molecule has 2 N–H and O–H groups in total. The molecular formula is C27H34N6O2. The molecule has 0 aliphatic carbocycles. The zero-order valence-electron chi connectivity index (χ0n) is 20.8. The van der Waals surface area contributed by atoms with Crippen LogP contribution in [0.2, 0.25) is 0 Å². The summed E-state index contributed by atoms with van der Waals surface area (Å²) < 4.78 is 5.17. The summed E-state index contributed by atoms with van der Waals surface area (Å²) in [6.07, 6.45) is 4.64. The number of nitrogens with one attached hydrogen (secondary N) is 2. The number of pyridine rings is 1. The molecule has 184 valence electrons. The molecule has 0 radical (unpaired) electrons. The van der Waals surface area contributed by atoms with Crippen molar-refractivity contribution in [1.82, 2.24) is 30.3 Å². The Bertz CT molecular complexity index is 1170. The van der Waals surface area contributed by atoms with Crippen molar-refractivity contribution in [2.75, 3.05) is 26.7 Å². The summed E-state index contributed by atoms with van der Waals surface area (Å²) in [5.74, 6) is 0.568. The maximum Gasteiger partial charge on any atom is 0.317 e. The summed E-state index contributed by atoms with van der Waals surface area (Å²) in [7, 11) is 1.60. The number of fused-ring (bicyclic) bond motifs is 1. The summed E-state index contributed by atoms with van der Waals surface area (Å²) in [5, 5.41) is 11.0. The number of benzene rings is 1. The van der Waals surface area contributed by atoms with Crippen molar-refractivity contribution in [1.29, 1.82) is 0 Å². The Labute approximate surface area is 206 Å². The van der Waals surface area contributed by atoms with E-state index in [2.05, 4.69) is 57.4 Å². The monoisotopic (exact) mass is 474 g/mol. The van der Waals surface area contributed by atoms with E-state index >= 15 is 0 Å². The van der Waals surface area contributed by atoms with E-state index in [-0.39, 0.29) is 12.1 Å². The van der Waals surface area contributed by atoms with Gasteiger partial charge in [-0.25, -0.2) is 9.78 Å². The number of aryl methyl sites for hydroxylation is 2. The lowest BCUT2D eigenvalue weighted by atomic mass is 10.00. The average Bonchev–Trinajstić information content (AvgIpc) is 3.30. The van der Waals surface area contributed by atoms with Gasteiger partial charge in [0.05, 0.1) is 19.3 Å². The standard InChI is InChI=1S/C27H34N6O2/c1-18-6-4-7-19(2)22(18)16-32-12-5-8-21(15-32)29-27(34)33-13-11-24-23(17-33)26(31-30-24)20-9-10-25(35-3)28-14-20/h4,6-7,9-10,14,21H,5,8,11-13,15-17H2,1-3H3,(H,29,34)(H,30,31)/t21-/m1/s1. The van der Waals surface area contributed by atoms with Crippen molar-refractivity contribution in [3.05, 3.63) is 64.5 Å². The van der Waals surface area contributed by atoms with Crippen molar-refractivity contribution < 1.29 is 9.53 Å². The highest BCUT2D eigenvalue weighted by molar-refractivity contribution is 5.76. The lowest BCUT2D eigenvalue weighted by molar-refractivity contribution is 0.160. The number of ether oxygens (including phenoxy) is 1. The van der Waals surface area contributed by atoms with Crippen LogP contribution >= 0.6 is 0 Å². The first-order chi connectivity index (χ1) is 17.0. The first kappa shape index (κ1) is 23.4. The van der Waals surface area contributed by atoms with Crippen molar-refractivity contribution in [2.45, 2.75) is 52.2 Å². The van der Waals surface area contributed by atoms with Gasteiger partial charge in [-0.15, -0.1) is 0 Å². The van der Waals surface area contributed by atoms with Crippen LogP contribution in [0.5, 0.6) is 5.88 Å². The maximum atomic E-state index is 13.2. The smallest absolute Gasteiger partial charge is 0.317 e. The number of rotatable bonds is 5. The van der Waals surface area contributed by atoms with E-state index in [9.17, 15) is 4.79 Å². The van der Waals surface area contributed by atoms with Crippen molar-refractivity contribution in [3.63, 3.8) is 0 Å². The molecule has 2 amide bonds. The lowest BCUT2D eigenvalue weighted by Gasteiger charge is -2.35. The predicted molar refractivity (Wildman–Crippen MR) is 135 cm³/mol. The molecule has 2 aromatic heterocycles. The second kappa shape index (κ2) is 10.1. The highest BCUT2D eigenvalue weighted by Gasteiger charge is 2.28. The number of H-pyrrole nitrogens is 1. The molecule has 1 fully saturated rings. The zero-order valence-corrected chi connectivity index (χ0v) is 20.8. The summed E-state index contributed by atoms with van der Waals surface area (Å²) >= 11 is 0. The molecule has 0 saturated carbocycles. The number of likely N-dealkylation sites (tertiary alicyclic amines) is 1. The molecule has 5 rings (SSSR count). The van der Waals surface area contributed by atoms with Gasteiger partial charge in [0.2, 0.25) is 5.88 Å². The number of urea groups is 1. The molecule has 2 aliphatic rings. The van der Waals surface area contributed by atoms with Crippen molar-refractivity contribution in [3.8, 4) is 17.1 Å². The highest BCUT2D eigenvalue weighted by atomic mass is 16.5. The Morgan fingerprint density at radius 1 is 1.20 bits per heavy atom. The third-order valence-corrected chi connectivity index (χ3v) is 7.30. The third-order valence-electron chi connectivity index (χ3n) is 7.30. The number of carbonyl (C=O) groups excluding carboxylic acids is 1. The van der Waals surface area contributed by atoms with Gasteiger partial charge in [-0.2, -0.15) is 5.10 Å². The molecule has 8 nitrogen and oxygen atoms in total. The second-order valence-corrected chi connectivity index (χ2v) is 9.68. The molecule has 0 unspecified atom stereocenters. The molecule has 3 aromatic rings. The van der Waals surface area contributed by atoms with Gasteiger partial charge in [-0.3, -0.25) is 10.00 Å². The lowest BCUT2D eigenvalue weighted by Crippen LogP contribution is -2.52. The van der Waals surface area contributed by atoms with Crippen LogP contribution in [0.4, 0.5) is 4.79 Å². The van der Waals surface area contributed by atoms with E-state index in [1.807, 2.05) is 17.0 Å². The Morgan fingerprint density at radius 2 is 2.03 bits per heavy atom. The molecule has 1 atom stereocenters. The van der Waals surface area contributed by atoms with Crippen LogP contribution in [0.1, 0.15) is 40.8 Å². The van der Waals surface area contributed by atoms with Crippen LogP contribution in [-0.4, -0.2) is 63.8 Å². The third kappa shape index (κ3) is 5.03. The minimum Gasteiger partial charge on any atom is -0.481 e. The number of nitrogens with zero attached hydrogens (tertiary/aromatic N) is 4. The number of methoxy groups -OCH3 is 1. The molecule has 2 aliphatic heterocycles. The minimum absolute atomic E-state index is 0.00887. The topological polar surface area (TPSA) is 86.4 Å². The second-order valence-electron chi connectivity index (χ2n) is 9.68. The number of hydrogen-bond donors (Lipinski definition) is 2. The fraction of sp³-hybridized carbons (Fsp3) is 0.444. The highest BCUT2D eigenvalue weighted by Crippen LogP contribution is 2.29. The van der Waals surface area contributed by atoms with Gasteiger partial charge in [0.15, 0.2) is 0 Å². The van der Waals surface area contributed by atoms with Gasteiger partial charge in [0.25, 0.3) is 0 Å². The molecule has 8 heteroatoms. The number of piperidine rings is 1. The molecule has 0 spiro atoms. The molecular weight excluding hydrogens is 440 g/mol. The van der Waals surface area contributed by atoms with Gasteiger partial charge in [0, 0.05) is 61.2 Å².